The number of piperidine rings is 2. The fourth-order valence-corrected chi connectivity index (χ4v) is 6.99. The zero-order valence-electron chi connectivity index (χ0n) is 19.1. The first kappa shape index (κ1) is 24.4. The predicted octanol–water partition coefficient (Wildman–Crippen LogP) is 4.79. The third kappa shape index (κ3) is 5.01. The Morgan fingerprint density at radius 3 is 2.49 bits per heavy atom. The molecule has 5 rings (SSSR count). The molecule has 0 atom stereocenters. The van der Waals surface area contributed by atoms with Crippen molar-refractivity contribution in [2.24, 2.45) is 5.41 Å². The molecule has 11 heteroatoms. The number of alkyl halides is 2. The van der Waals surface area contributed by atoms with Gasteiger partial charge >= 0.3 is 0 Å². The molecule has 188 valence electrons. The molecule has 3 heterocycles. The van der Waals surface area contributed by atoms with Crippen LogP contribution in [-0.4, -0.2) is 55.7 Å². The van der Waals surface area contributed by atoms with Crippen molar-refractivity contribution in [1.82, 2.24) is 9.29 Å². The van der Waals surface area contributed by atoms with E-state index >= 15 is 0 Å². The van der Waals surface area contributed by atoms with Gasteiger partial charge in [0.25, 0.3) is 11.8 Å². The van der Waals surface area contributed by atoms with E-state index in [0.29, 0.717) is 11.0 Å². The zero-order chi connectivity index (χ0) is 24.8. The summed E-state index contributed by atoms with van der Waals surface area (Å²) in [6.07, 6.45) is 7.66. The van der Waals surface area contributed by atoms with Gasteiger partial charge in [-0.05, 0) is 61.8 Å². The molecule has 1 aliphatic carbocycles. The number of pyridine rings is 1. The highest BCUT2D eigenvalue weighted by molar-refractivity contribution is 7.89. The Kier molecular flexibility index (Phi) is 6.26. The summed E-state index contributed by atoms with van der Waals surface area (Å²) < 4.78 is 54.7. The van der Waals surface area contributed by atoms with Crippen LogP contribution in [0.3, 0.4) is 0 Å². The van der Waals surface area contributed by atoms with E-state index in [1.165, 1.54) is 31.0 Å². The van der Waals surface area contributed by atoms with Crippen molar-refractivity contribution in [2.75, 3.05) is 36.4 Å². The minimum atomic E-state index is -4.27. The first-order valence-corrected chi connectivity index (χ1v) is 13.6. The van der Waals surface area contributed by atoms with Gasteiger partial charge in [-0.15, -0.1) is 0 Å². The van der Waals surface area contributed by atoms with Gasteiger partial charge in [0.2, 0.25) is 10.0 Å². The smallest absolute Gasteiger partial charge is 0.261 e. The summed E-state index contributed by atoms with van der Waals surface area (Å²) in [5.41, 5.74) is 1.87. The monoisotopic (exact) mass is 524 g/mol. The van der Waals surface area contributed by atoms with Crippen molar-refractivity contribution in [3.05, 3.63) is 47.2 Å². The molecule has 1 aromatic heterocycles. The van der Waals surface area contributed by atoms with Crippen molar-refractivity contribution < 1.29 is 22.0 Å². The summed E-state index contributed by atoms with van der Waals surface area (Å²) in [7, 11) is -4.27. The molecule has 0 bridgehead atoms. The summed E-state index contributed by atoms with van der Waals surface area (Å²) in [6, 6.07) is 5.69. The molecular formula is C24H27ClF2N4O3S. The Morgan fingerprint density at radius 1 is 1.06 bits per heavy atom. The van der Waals surface area contributed by atoms with Crippen molar-refractivity contribution in [2.45, 2.75) is 49.3 Å². The molecule has 0 unspecified atom stereocenters. The number of carbonyl (C=O) groups is 1. The maximum absolute atomic E-state index is 13.9. The molecule has 2 saturated heterocycles. The summed E-state index contributed by atoms with van der Waals surface area (Å²) in [5, 5.41) is 2.65. The molecule has 1 spiro atoms. The Bertz CT molecular complexity index is 1240. The number of aromatic nitrogens is 1. The number of nitrogens with zero attached hydrogens (tertiary/aromatic N) is 3. The van der Waals surface area contributed by atoms with Gasteiger partial charge in [-0.3, -0.25) is 9.78 Å². The zero-order valence-corrected chi connectivity index (χ0v) is 20.7. The molecule has 1 aromatic carbocycles. The van der Waals surface area contributed by atoms with E-state index in [0.717, 1.165) is 35.9 Å². The van der Waals surface area contributed by atoms with E-state index in [2.05, 4.69) is 15.2 Å². The van der Waals surface area contributed by atoms with E-state index < -0.39 is 28.4 Å². The normalized spacial score (nSPS) is 21.6. The van der Waals surface area contributed by atoms with E-state index in [9.17, 15) is 22.0 Å². The van der Waals surface area contributed by atoms with Gasteiger partial charge in [0, 0.05) is 37.9 Å². The minimum absolute atomic E-state index is 0.0116. The van der Waals surface area contributed by atoms with Gasteiger partial charge in [0.05, 0.1) is 29.0 Å². The average molecular weight is 525 g/mol. The van der Waals surface area contributed by atoms with Crippen LogP contribution in [0.4, 0.5) is 20.2 Å². The number of nitrogens with one attached hydrogen (secondary N) is 1. The van der Waals surface area contributed by atoms with E-state index in [-0.39, 0.29) is 35.0 Å². The topological polar surface area (TPSA) is 82.6 Å². The standard InChI is InChI=1S/C24H27ClF2N4O3S/c25-19-3-2-17(14-21(19)35(33,34)31-11-1-5-24(26,27)16-31)29-22(32)18-4-10-28-15-20(18)30-12-8-23(6-7-23)9-13-30/h2-4,10,14-15H,1,5-9,11-13,16H2,(H,29,32). The number of rotatable bonds is 5. The number of anilines is 2. The van der Waals surface area contributed by atoms with Crippen molar-refractivity contribution in [3.63, 3.8) is 0 Å². The van der Waals surface area contributed by atoms with Gasteiger partial charge < -0.3 is 10.2 Å². The molecule has 3 aliphatic rings. The number of hydrogen-bond acceptors (Lipinski definition) is 5. The van der Waals surface area contributed by atoms with E-state index in [1.54, 1.807) is 18.5 Å². The molecule has 7 nitrogen and oxygen atoms in total. The first-order valence-electron chi connectivity index (χ1n) is 11.8. The second kappa shape index (κ2) is 8.97. The Hall–Kier alpha value is -2.30. The molecule has 1 amide bonds. The summed E-state index contributed by atoms with van der Waals surface area (Å²) >= 11 is 6.16. The lowest BCUT2D eigenvalue weighted by atomic mass is 9.93. The van der Waals surface area contributed by atoms with Crippen LogP contribution in [0.5, 0.6) is 0 Å². The second-order valence-electron chi connectivity index (χ2n) is 9.78. The average Bonchev–Trinajstić information content (AvgIpc) is 3.58. The fourth-order valence-electron chi connectivity index (χ4n) is 4.98. The van der Waals surface area contributed by atoms with Crippen LogP contribution in [0.2, 0.25) is 5.02 Å². The lowest BCUT2D eigenvalue weighted by Gasteiger charge is -2.34. The van der Waals surface area contributed by atoms with Crippen LogP contribution in [-0.2, 0) is 10.0 Å². The molecule has 1 N–H and O–H groups in total. The molecule has 3 fully saturated rings. The van der Waals surface area contributed by atoms with Gasteiger partial charge in [-0.1, -0.05) is 11.6 Å². The Morgan fingerprint density at radius 2 is 1.80 bits per heavy atom. The second-order valence-corrected chi connectivity index (χ2v) is 12.1. The number of benzene rings is 1. The lowest BCUT2D eigenvalue weighted by Crippen LogP contribution is -2.45. The maximum atomic E-state index is 13.9. The number of hydrogen-bond donors (Lipinski definition) is 1. The molecule has 2 aliphatic heterocycles. The highest BCUT2D eigenvalue weighted by Gasteiger charge is 2.45. The van der Waals surface area contributed by atoms with Crippen molar-refractivity contribution >= 4 is 38.9 Å². The van der Waals surface area contributed by atoms with Crippen molar-refractivity contribution in [1.29, 1.82) is 0 Å². The van der Waals surface area contributed by atoms with Gasteiger partial charge in [-0.25, -0.2) is 17.2 Å². The quantitative estimate of drug-likeness (QED) is 0.608. The fraction of sp³-hybridized carbons (Fsp3) is 0.500. The minimum Gasteiger partial charge on any atom is -0.370 e. The summed E-state index contributed by atoms with van der Waals surface area (Å²) in [4.78, 5) is 19.2. The van der Waals surface area contributed by atoms with Gasteiger partial charge in [0.1, 0.15) is 4.90 Å². The van der Waals surface area contributed by atoms with Crippen LogP contribution in [0, 0.1) is 5.41 Å². The molecular weight excluding hydrogens is 498 g/mol. The Labute approximate surface area is 208 Å². The van der Waals surface area contributed by atoms with Crippen LogP contribution in [0.15, 0.2) is 41.6 Å². The highest BCUT2D eigenvalue weighted by Crippen LogP contribution is 2.54. The van der Waals surface area contributed by atoms with Crippen LogP contribution in [0.1, 0.15) is 48.9 Å². The number of sulfonamides is 1. The number of amides is 1. The molecule has 2 aromatic rings. The SMILES string of the molecule is O=C(Nc1ccc(Cl)c(S(=O)(=O)N2CCCC(F)(F)C2)c1)c1ccncc1N1CCC2(CC1)CC2. The molecule has 1 saturated carbocycles. The Balaban J connectivity index is 1.36. The first-order chi connectivity index (χ1) is 16.6. The summed E-state index contributed by atoms with van der Waals surface area (Å²) in [5.74, 6) is -3.50. The number of halogens is 3. The van der Waals surface area contributed by atoms with Gasteiger partial charge in [-0.2, -0.15) is 4.31 Å². The third-order valence-corrected chi connectivity index (χ3v) is 9.66. The molecule has 35 heavy (non-hydrogen) atoms. The van der Waals surface area contributed by atoms with Crippen molar-refractivity contribution in [3.8, 4) is 0 Å². The van der Waals surface area contributed by atoms with Gasteiger partial charge in [0.15, 0.2) is 0 Å². The van der Waals surface area contributed by atoms with E-state index in [1.807, 2.05) is 0 Å². The maximum Gasteiger partial charge on any atom is 0.261 e. The highest BCUT2D eigenvalue weighted by atomic mass is 35.5. The third-order valence-electron chi connectivity index (χ3n) is 7.33. The van der Waals surface area contributed by atoms with Crippen LogP contribution in [0.25, 0.3) is 0 Å². The van der Waals surface area contributed by atoms with E-state index in [4.69, 9.17) is 11.6 Å². The lowest BCUT2D eigenvalue weighted by molar-refractivity contribution is -0.0434. The summed E-state index contributed by atoms with van der Waals surface area (Å²) in [6.45, 7) is 0.813. The number of carbonyl (C=O) groups excluding carboxylic acids is 1. The predicted molar refractivity (Wildman–Crippen MR) is 130 cm³/mol. The largest absolute Gasteiger partial charge is 0.370 e. The van der Waals surface area contributed by atoms with Crippen LogP contribution >= 0.6 is 11.6 Å². The molecule has 0 radical (unpaired) electrons. The van der Waals surface area contributed by atoms with Crippen LogP contribution < -0.4 is 10.2 Å².